The molecular formula is C31H48O6. The number of fused-ring (bicyclic) bond motifs is 1. The normalized spacial score (nSPS) is 24.1. The minimum absolute atomic E-state index is 0.0531. The van der Waals surface area contributed by atoms with Crippen molar-refractivity contribution in [2.24, 2.45) is 23.2 Å². The maximum Gasteiger partial charge on any atom is 0.0999 e. The second-order valence-electron chi connectivity index (χ2n) is 11.6. The molecular weight excluding hydrogens is 468 g/mol. The smallest absolute Gasteiger partial charge is 0.0999 e. The summed E-state index contributed by atoms with van der Waals surface area (Å²) in [6.45, 7) is 5.22. The van der Waals surface area contributed by atoms with Crippen LogP contribution in [-0.2, 0) is 11.2 Å². The third-order valence-electron chi connectivity index (χ3n) is 8.71. The summed E-state index contributed by atoms with van der Waals surface area (Å²) in [5.74, 6) is 1.88. The zero-order chi connectivity index (χ0) is 26.8. The zero-order valence-corrected chi connectivity index (χ0v) is 22.5. The first-order chi connectivity index (χ1) is 17.8. The van der Waals surface area contributed by atoms with Crippen molar-refractivity contribution in [1.82, 2.24) is 0 Å². The summed E-state index contributed by atoms with van der Waals surface area (Å²) in [4.78, 5) is 0. The maximum atomic E-state index is 10.9. The molecule has 6 nitrogen and oxygen atoms in total. The lowest BCUT2D eigenvalue weighted by atomic mass is 9.82. The first-order valence-electron chi connectivity index (χ1n) is 14.1. The number of aliphatic hydroxyl groups is 5. The van der Waals surface area contributed by atoms with E-state index in [9.17, 15) is 25.5 Å². The Kier molecular flexibility index (Phi) is 11.7. The van der Waals surface area contributed by atoms with Gasteiger partial charge >= 0.3 is 0 Å². The number of aliphatic hydroxyl groups excluding tert-OH is 5. The molecule has 5 atom stereocenters. The van der Waals surface area contributed by atoms with E-state index in [-0.39, 0.29) is 38.4 Å². The number of rotatable bonds is 17. The molecule has 0 bridgehead atoms. The quantitative estimate of drug-likeness (QED) is 0.157. The van der Waals surface area contributed by atoms with E-state index in [1.807, 2.05) is 12.1 Å². The zero-order valence-electron chi connectivity index (χ0n) is 22.5. The molecule has 1 aromatic rings. The molecule has 2 aliphatic carbocycles. The predicted octanol–water partition coefficient (Wildman–Crippen LogP) is 4.23. The molecule has 0 saturated heterocycles. The standard InChI is InChI=1S/C31H48O6/c1-22-15-30(36)28(13-14-29(35)26-16-24-10-7-8-11-25(24)17-26)27(22)12-6-4-3-5-9-23(2)37-21-31(18-32,19-33)20-34/h7-8,10-11,16,22,27-30,32-36H,2-6,9,12-15,17-21H2,1H3. The highest BCUT2D eigenvalue weighted by Crippen LogP contribution is 2.43. The topological polar surface area (TPSA) is 110 Å². The number of hydrogen-bond donors (Lipinski definition) is 5. The van der Waals surface area contributed by atoms with Crippen LogP contribution >= 0.6 is 0 Å². The molecule has 1 fully saturated rings. The lowest BCUT2D eigenvalue weighted by molar-refractivity contribution is -0.0431. The molecule has 1 saturated carbocycles. The van der Waals surface area contributed by atoms with Gasteiger partial charge < -0.3 is 30.3 Å². The molecule has 0 aromatic heterocycles. The van der Waals surface area contributed by atoms with Gasteiger partial charge in [0.2, 0.25) is 0 Å². The predicted molar refractivity (Wildman–Crippen MR) is 147 cm³/mol. The second-order valence-corrected chi connectivity index (χ2v) is 11.6. The first kappa shape index (κ1) is 29.9. The van der Waals surface area contributed by atoms with Gasteiger partial charge in [0.05, 0.1) is 49.8 Å². The lowest BCUT2D eigenvalue weighted by Gasteiger charge is -2.27. The number of hydrogen-bond acceptors (Lipinski definition) is 6. The van der Waals surface area contributed by atoms with Gasteiger partial charge in [-0.25, -0.2) is 0 Å². The molecule has 208 valence electrons. The number of benzene rings is 1. The average Bonchev–Trinajstić information content (AvgIpc) is 3.46. The largest absolute Gasteiger partial charge is 0.498 e. The van der Waals surface area contributed by atoms with Gasteiger partial charge in [0.25, 0.3) is 0 Å². The molecule has 6 heteroatoms. The van der Waals surface area contributed by atoms with Gasteiger partial charge in [-0.1, -0.05) is 63.1 Å². The Labute approximate surface area is 222 Å². The summed E-state index contributed by atoms with van der Waals surface area (Å²) < 4.78 is 5.58. The monoisotopic (exact) mass is 516 g/mol. The van der Waals surface area contributed by atoms with Crippen molar-refractivity contribution < 1.29 is 30.3 Å². The van der Waals surface area contributed by atoms with Crippen molar-refractivity contribution in [3.63, 3.8) is 0 Å². The Morgan fingerprint density at radius 2 is 1.73 bits per heavy atom. The van der Waals surface area contributed by atoms with E-state index in [1.165, 1.54) is 11.1 Å². The van der Waals surface area contributed by atoms with Crippen molar-refractivity contribution in [3.8, 4) is 0 Å². The molecule has 0 amide bonds. The number of unbranched alkanes of at least 4 members (excludes halogenated alkanes) is 3. The van der Waals surface area contributed by atoms with Crippen LogP contribution in [0.15, 0.2) is 42.2 Å². The van der Waals surface area contributed by atoms with Crippen LogP contribution in [0.3, 0.4) is 0 Å². The molecule has 3 rings (SSSR count). The fourth-order valence-corrected chi connectivity index (χ4v) is 6.07. The van der Waals surface area contributed by atoms with Crippen LogP contribution in [0, 0.1) is 23.2 Å². The van der Waals surface area contributed by atoms with Gasteiger partial charge in [-0.15, -0.1) is 0 Å². The van der Waals surface area contributed by atoms with Crippen LogP contribution in [0.4, 0.5) is 0 Å². The van der Waals surface area contributed by atoms with Gasteiger partial charge in [0.1, 0.15) is 0 Å². The van der Waals surface area contributed by atoms with Crippen molar-refractivity contribution in [1.29, 1.82) is 0 Å². The van der Waals surface area contributed by atoms with E-state index in [0.717, 1.165) is 63.4 Å². The van der Waals surface area contributed by atoms with E-state index >= 15 is 0 Å². The van der Waals surface area contributed by atoms with Gasteiger partial charge in [-0.05, 0) is 73.0 Å². The van der Waals surface area contributed by atoms with Gasteiger partial charge in [0, 0.05) is 6.42 Å². The summed E-state index contributed by atoms with van der Waals surface area (Å²) in [5, 5.41) is 49.8. The van der Waals surface area contributed by atoms with Crippen LogP contribution in [-0.4, -0.2) is 64.2 Å². The van der Waals surface area contributed by atoms with Crippen molar-refractivity contribution in [3.05, 3.63) is 53.3 Å². The van der Waals surface area contributed by atoms with Crippen molar-refractivity contribution >= 4 is 6.08 Å². The molecule has 0 heterocycles. The molecule has 2 aliphatic rings. The van der Waals surface area contributed by atoms with Crippen LogP contribution in [0.1, 0.15) is 75.8 Å². The summed E-state index contributed by atoms with van der Waals surface area (Å²) >= 11 is 0. The Hall–Kier alpha value is -1.70. The summed E-state index contributed by atoms with van der Waals surface area (Å²) in [6.07, 6.45) is 10.7. The Balaban J connectivity index is 1.34. The first-order valence-corrected chi connectivity index (χ1v) is 14.1. The second kappa shape index (κ2) is 14.5. The third-order valence-corrected chi connectivity index (χ3v) is 8.71. The fraction of sp³-hybridized carbons (Fsp3) is 0.677. The van der Waals surface area contributed by atoms with E-state index in [2.05, 4.69) is 31.7 Å². The van der Waals surface area contributed by atoms with Crippen LogP contribution in [0.5, 0.6) is 0 Å². The molecule has 5 N–H and O–H groups in total. The Bertz CT molecular complexity index is 868. The average molecular weight is 517 g/mol. The third kappa shape index (κ3) is 8.14. The van der Waals surface area contributed by atoms with Crippen LogP contribution < -0.4 is 0 Å². The van der Waals surface area contributed by atoms with Gasteiger partial charge in [0.15, 0.2) is 0 Å². The molecule has 0 aliphatic heterocycles. The minimum Gasteiger partial charge on any atom is -0.498 e. The molecule has 37 heavy (non-hydrogen) atoms. The lowest BCUT2D eigenvalue weighted by Crippen LogP contribution is -2.38. The van der Waals surface area contributed by atoms with Crippen molar-refractivity contribution in [2.75, 3.05) is 26.4 Å². The summed E-state index contributed by atoms with van der Waals surface area (Å²) in [5.41, 5.74) is 2.57. The fourth-order valence-electron chi connectivity index (χ4n) is 6.07. The maximum absolute atomic E-state index is 10.9. The van der Waals surface area contributed by atoms with Gasteiger partial charge in [-0.3, -0.25) is 0 Å². The van der Waals surface area contributed by atoms with E-state index in [1.54, 1.807) is 0 Å². The molecule has 0 radical (unpaired) electrons. The summed E-state index contributed by atoms with van der Waals surface area (Å²) in [6, 6.07) is 8.32. The highest BCUT2D eigenvalue weighted by atomic mass is 16.5. The number of allylic oxidation sites excluding steroid dienone is 1. The van der Waals surface area contributed by atoms with E-state index < -0.39 is 11.5 Å². The van der Waals surface area contributed by atoms with E-state index in [0.29, 0.717) is 24.0 Å². The minimum atomic E-state index is -1.03. The molecule has 0 spiro atoms. The van der Waals surface area contributed by atoms with Gasteiger partial charge in [-0.2, -0.15) is 0 Å². The highest BCUT2D eigenvalue weighted by Gasteiger charge is 2.39. The van der Waals surface area contributed by atoms with Crippen LogP contribution in [0.2, 0.25) is 0 Å². The number of ether oxygens (including phenoxy) is 1. The Morgan fingerprint density at radius 1 is 1.03 bits per heavy atom. The molecule has 1 aromatic carbocycles. The highest BCUT2D eigenvalue weighted by molar-refractivity contribution is 5.64. The summed E-state index contributed by atoms with van der Waals surface area (Å²) in [7, 11) is 0. The Morgan fingerprint density at radius 3 is 2.43 bits per heavy atom. The molecule has 5 unspecified atom stereocenters. The SMILES string of the molecule is C=C(CCCCCCC1C(C)CC(O)C1CCC(O)C1=Cc2ccccc2C1)OCC(CO)(CO)CO. The van der Waals surface area contributed by atoms with E-state index in [4.69, 9.17) is 4.74 Å². The van der Waals surface area contributed by atoms with Crippen molar-refractivity contribution in [2.45, 2.75) is 83.3 Å². The van der Waals surface area contributed by atoms with Crippen LogP contribution in [0.25, 0.3) is 6.08 Å².